The summed E-state index contributed by atoms with van der Waals surface area (Å²) in [6.45, 7) is 4.07. The van der Waals surface area contributed by atoms with Crippen LogP contribution in [0.4, 0.5) is 5.69 Å². The summed E-state index contributed by atoms with van der Waals surface area (Å²) in [5.74, 6) is 0. The van der Waals surface area contributed by atoms with Gasteiger partial charge in [-0.15, -0.1) is 0 Å². The molecule has 1 saturated heterocycles. The molecule has 0 amide bonds. The fourth-order valence-corrected chi connectivity index (χ4v) is 2.43. The van der Waals surface area contributed by atoms with E-state index < -0.39 is 0 Å². The molecule has 1 aliphatic rings. The van der Waals surface area contributed by atoms with Crippen molar-refractivity contribution in [2.45, 2.75) is 32.6 Å². The zero-order valence-corrected chi connectivity index (χ0v) is 11.6. The zero-order chi connectivity index (χ0) is 13.0. The lowest BCUT2D eigenvalue weighted by atomic mass is 10.1. The van der Waals surface area contributed by atoms with Crippen LogP contribution in [0, 0.1) is 0 Å². The molecule has 1 heterocycles. The minimum atomic E-state index is 0.699. The van der Waals surface area contributed by atoms with E-state index in [-0.39, 0.29) is 0 Å². The standard InChI is InChI=1S/C14H20ClN3/c1-11(13-10-12(15)6-7-14(13)16)17-18-8-4-2-3-5-9-18/h6-7,10H,2-5,8-9,16H2,1H3/b17-11+. The maximum atomic E-state index is 6.01. The summed E-state index contributed by atoms with van der Waals surface area (Å²) in [6, 6.07) is 5.52. The average molecular weight is 266 g/mol. The van der Waals surface area contributed by atoms with Crippen molar-refractivity contribution in [1.29, 1.82) is 0 Å². The molecule has 2 N–H and O–H groups in total. The Labute approximate surface area is 114 Å². The minimum absolute atomic E-state index is 0.699. The summed E-state index contributed by atoms with van der Waals surface area (Å²) in [5.41, 5.74) is 8.58. The Kier molecular flexibility index (Phi) is 4.48. The predicted molar refractivity (Wildman–Crippen MR) is 78.1 cm³/mol. The summed E-state index contributed by atoms with van der Waals surface area (Å²) >= 11 is 6.01. The normalized spacial score (nSPS) is 17.7. The molecule has 1 aromatic rings. The van der Waals surface area contributed by atoms with Gasteiger partial charge in [-0.2, -0.15) is 5.10 Å². The lowest BCUT2D eigenvalue weighted by Crippen LogP contribution is -2.20. The first-order valence-corrected chi connectivity index (χ1v) is 6.90. The third-order valence-corrected chi connectivity index (χ3v) is 3.51. The van der Waals surface area contributed by atoms with Crippen LogP contribution < -0.4 is 5.73 Å². The number of rotatable bonds is 2. The van der Waals surface area contributed by atoms with Crippen LogP contribution in [0.15, 0.2) is 23.3 Å². The lowest BCUT2D eigenvalue weighted by molar-refractivity contribution is 0.301. The molecule has 0 atom stereocenters. The molecule has 1 aliphatic heterocycles. The Morgan fingerprint density at radius 2 is 1.89 bits per heavy atom. The first-order chi connectivity index (χ1) is 8.66. The smallest absolute Gasteiger partial charge is 0.0667 e. The quantitative estimate of drug-likeness (QED) is 0.657. The van der Waals surface area contributed by atoms with Gasteiger partial charge in [0.05, 0.1) is 5.71 Å². The monoisotopic (exact) mass is 265 g/mol. The van der Waals surface area contributed by atoms with Gasteiger partial charge < -0.3 is 5.73 Å². The molecule has 1 fully saturated rings. The van der Waals surface area contributed by atoms with Gasteiger partial charge in [0.2, 0.25) is 0 Å². The van der Waals surface area contributed by atoms with Crippen LogP contribution in [0.5, 0.6) is 0 Å². The van der Waals surface area contributed by atoms with Crippen molar-refractivity contribution >= 4 is 23.0 Å². The van der Waals surface area contributed by atoms with Crippen molar-refractivity contribution in [3.63, 3.8) is 0 Å². The van der Waals surface area contributed by atoms with Gasteiger partial charge in [-0.05, 0) is 38.0 Å². The van der Waals surface area contributed by atoms with Crippen LogP contribution in [0.25, 0.3) is 0 Å². The highest BCUT2D eigenvalue weighted by atomic mass is 35.5. The van der Waals surface area contributed by atoms with Crippen molar-refractivity contribution in [3.05, 3.63) is 28.8 Å². The van der Waals surface area contributed by atoms with Crippen LogP contribution >= 0.6 is 11.6 Å². The third-order valence-electron chi connectivity index (χ3n) is 3.28. The Bertz CT molecular complexity index is 435. The molecule has 3 nitrogen and oxygen atoms in total. The molecule has 0 aromatic heterocycles. The van der Waals surface area contributed by atoms with E-state index in [1.165, 1.54) is 25.7 Å². The van der Waals surface area contributed by atoms with Gasteiger partial charge >= 0.3 is 0 Å². The summed E-state index contributed by atoms with van der Waals surface area (Å²) in [7, 11) is 0. The summed E-state index contributed by atoms with van der Waals surface area (Å²) in [4.78, 5) is 0. The number of benzene rings is 1. The summed E-state index contributed by atoms with van der Waals surface area (Å²) < 4.78 is 0. The number of anilines is 1. The van der Waals surface area contributed by atoms with Gasteiger partial charge in [0.25, 0.3) is 0 Å². The zero-order valence-electron chi connectivity index (χ0n) is 10.8. The van der Waals surface area contributed by atoms with Crippen molar-refractivity contribution in [2.24, 2.45) is 5.10 Å². The largest absolute Gasteiger partial charge is 0.398 e. The first kappa shape index (κ1) is 13.2. The maximum Gasteiger partial charge on any atom is 0.0667 e. The van der Waals surface area contributed by atoms with Gasteiger partial charge in [0, 0.05) is 29.4 Å². The van der Waals surface area contributed by atoms with Crippen molar-refractivity contribution in [2.75, 3.05) is 18.8 Å². The molecule has 0 saturated carbocycles. The Hall–Kier alpha value is -1.22. The average Bonchev–Trinajstić information content (AvgIpc) is 2.61. The molecule has 0 aliphatic carbocycles. The van der Waals surface area contributed by atoms with Crippen LogP contribution in [0.3, 0.4) is 0 Å². The van der Waals surface area contributed by atoms with E-state index in [9.17, 15) is 0 Å². The van der Waals surface area contributed by atoms with E-state index in [0.29, 0.717) is 5.02 Å². The van der Waals surface area contributed by atoms with E-state index in [4.69, 9.17) is 17.3 Å². The third kappa shape index (κ3) is 3.39. The predicted octanol–water partition coefficient (Wildman–Crippen LogP) is 3.52. The molecule has 0 unspecified atom stereocenters. The minimum Gasteiger partial charge on any atom is -0.398 e. The molecule has 0 radical (unpaired) electrons. The topological polar surface area (TPSA) is 41.6 Å². The second kappa shape index (κ2) is 6.10. The second-order valence-corrected chi connectivity index (χ2v) is 5.22. The number of hydrogen-bond acceptors (Lipinski definition) is 3. The van der Waals surface area contributed by atoms with E-state index in [1.54, 1.807) is 6.07 Å². The Morgan fingerprint density at radius 1 is 1.22 bits per heavy atom. The molecule has 0 bridgehead atoms. The highest BCUT2D eigenvalue weighted by Gasteiger charge is 2.09. The van der Waals surface area contributed by atoms with Gasteiger partial charge in [0.15, 0.2) is 0 Å². The van der Waals surface area contributed by atoms with E-state index >= 15 is 0 Å². The SMILES string of the molecule is C/C(=N\N1CCCCCC1)c1cc(Cl)ccc1N. The van der Waals surface area contributed by atoms with Gasteiger partial charge in [-0.25, -0.2) is 0 Å². The molecule has 2 rings (SSSR count). The van der Waals surface area contributed by atoms with Crippen molar-refractivity contribution < 1.29 is 0 Å². The number of nitrogens with two attached hydrogens (primary N) is 1. The van der Waals surface area contributed by atoms with Crippen LogP contribution in [0.2, 0.25) is 5.02 Å². The molecule has 4 heteroatoms. The second-order valence-electron chi connectivity index (χ2n) is 4.78. The number of hydrazone groups is 1. The van der Waals surface area contributed by atoms with Crippen LogP contribution in [-0.2, 0) is 0 Å². The van der Waals surface area contributed by atoms with Crippen LogP contribution in [0.1, 0.15) is 38.2 Å². The van der Waals surface area contributed by atoms with Crippen LogP contribution in [-0.4, -0.2) is 23.8 Å². The molecular formula is C14H20ClN3. The number of nitrogen functional groups attached to an aromatic ring is 1. The Morgan fingerprint density at radius 3 is 2.56 bits per heavy atom. The summed E-state index contributed by atoms with van der Waals surface area (Å²) in [5, 5.41) is 7.53. The first-order valence-electron chi connectivity index (χ1n) is 6.52. The number of nitrogens with zero attached hydrogens (tertiary/aromatic N) is 2. The molecule has 18 heavy (non-hydrogen) atoms. The van der Waals surface area contributed by atoms with Gasteiger partial charge in [-0.1, -0.05) is 24.4 Å². The Balaban J connectivity index is 2.18. The highest BCUT2D eigenvalue weighted by molar-refractivity contribution is 6.31. The fourth-order valence-electron chi connectivity index (χ4n) is 2.26. The van der Waals surface area contributed by atoms with Gasteiger partial charge in [-0.3, -0.25) is 5.01 Å². The summed E-state index contributed by atoms with van der Waals surface area (Å²) in [6.07, 6.45) is 5.07. The van der Waals surface area contributed by atoms with Crippen molar-refractivity contribution in [1.82, 2.24) is 5.01 Å². The van der Waals surface area contributed by atoms with Gasteiger partial charge in [0.1, 0.15) is 0 Å². The van der Waals surface area contributed by atoms with E-state index in [0.717, 1.165) is 30.1 Å². The molecule has 1 aromatic carbocycles. The maximum absolute atomic E-state index is 6.01. The van der Waals surface area contributed by atoms with Crippen molar-refractivity contribution in [3.8, 4) is 0 Å². The molecular weight excluding hydrogens is 246 g/mol. The highest BCUT2D eigenvalue weighted by Crippen LogP contribution is 2.19. The lowest BCUT2D eigenvalue weighted by Gasteiger charge is -2.18. The molecule has 0 spiro atoms. The van der Waals surface area contributed by atoms with E-state index in [2.05, 4.69) is 10.1 Å². The number of halogens is 1. The molecule has 98 valence electrons. The number of hydrogen-bond donors (Lipinski definition) is 1. The fraction of sp³-hybridized carbons (Fsp3) is 0.500. The van der Waals surface area contributed by atoms with E-state index in [1.807, 2.05) is 19.1 Å².